The Balaban J connectivity index is 1.83. The van der Waals surface area contributed by atoms with Crippen LogP contribution in [0.3, 0.4) is 0 Å². The number of esters is 1. The molecule has 0 spiro atoms. The van der Waals surface area contributed by atoms with Crippen LogP contribution in [0.25, 0.3) is 0 Å². The minimum Gasteiger partial charge on any atom is -0.460 e. The molecule has 0 bridgehead atoms. The lowest BCUT2D eigenvalue weighted by atomic mass is 10.00. The van der Waals surface area contributed by atoms with Crippen molar-refractivity contribution in [1.82, 2.24) is 4.90 Å². The lowest BCUT2D eigenvalue weighted by Crippen LogP contribution is -2.42. The molecule has 0 fully saturated rings. The number of carbonyl (C=O) groups is 2. The highest BCUT2D eigenvalue weighted by atomic mass is 16.5. The van der Waals surface area contributed by atoms with Gasteiger partial charge in [-0.3, -0.25) is 9.69 Å². The Kier molecular flexibility index (Phi) is 8.56. The molecule has 0 saturated carbocycles. The average molecular weight is 416 g/mol. The van der Waals surface area contributed by atoms with E-state index in [1.165, 1.54) is 0 Å². The van der Waals surface area contributed by atoms with Crippen molar-refractivity contribution in [2.45, 2.75) is 39.1 Å². The zero-order valence-corrected chi connectivity index (χ0v) is 17.9. The zero-order chi connectivity index (χ0) is 21.9. The number of rotatable bonds is 11. The summed E-state index contributed by atoms with van der Waals surface area (Å²) in [5.41, 5.74) is 3.16. The summed E-state index contributed by atoms with van der Waals surface area (Å²) in [7, 11) is 0. The first-order valence-electron chi connectivity index (χ1n) is 10.6. The van der Waals surface area contributed by atoms with Crippen molar-refractivity contribution in [3.8, 4) is 0 Å². The van der Waals surface area contributed by atoms with Gasteiger partial charge in [-0.2, -0.15) is 0 Å². The largest absolute Gasteiger partial charge is 0.460 e. The van der Waals surface area contributed by atoms with E-state index in [0.29, 0.717) is 19.5 Å². The number of hydrogen-bond acceptors (Lipinski definition) is 4. The molecule has 0 N–H and O–H groups in total. The number of nitrogens with zero attached hydrogens (tertiary/aromatic N) is 1. The quantitative estimate of drug-likeness (QED) is 0.326. The van der Waals surface area contributed by atoms with Crippen LogP contribution in [0.5, 0.6) is 0 Å². The summed E-state index contributed by atoms with van der Waals surface area (Å²) in [6.07, 6.45) is 1.32. The van der Waals surface area contributed by atoms with Crippen molar-refractivity contribution in [1.29, 1.82) is 0 Å². The molecule has 0 heterocycles. The van der Waals surface area contributed by atoms with Crippen molar-refractivity contribution in [2.75, 3.05) is 0 Å². The first-order chi connectivity index (χ1) is 15.2. The highest BCUT2D eigenvalue weighted by Gasteiger charge is 2.29. The van der Waals surface area contributed by atoms with Crippen LogP contribution in [0.2, 0.25) is 0 Å². The summed E-state index contributed by atoms with van der Waals surface area (Å²) in [5, 5.41) is 0. The van der Waals surface area contributed by atoms with Gasteiger partial charge in [0.25, 0.3) is 0 Å². The van der Waals surface area contributed by atoms with Crippen LogP contribution in [0.1, 0.15) is 30.0 Å². The highest BCUT2D eigenvalue weighted by molar-refractivity contribution is 5.76. The summed E-state index contributed by atoms with van der Waals surface area (Å²) in [6, 6.07) is 29.2. The Morgan fingerprint density at radius 2 is 1.26 bits per heavy atom. The molecule has 0 amide bonds. The fourth-order valence-corrected chi connectivity index (χ4v) is 3.54. The molecular weight excluding hydrogens is 386 g/mol. The zero-order valence-electron chi connectivity index (χ0n) is 17.9. The molecule has 2 atom stereocenters. The Bertz CT molecular complexity index is 887. The molecule has 0 aliphatic rings. The van der Waals surface area contributed by atoms with E-state index in [0.717, 1.165) is 23.0 Å². The first-order valence-corrected chi connectivity index (χ1v) is 10.6. The first kappa shape index (κ1) is 22.4. The van der Waals surface area contributed by atoms with Crippen LogP contribution < -0.4 is 0 Å². The van der Waals surface area contributed by atoms with E-state index in [-0.39, 0.29) is 18.5 Å². The number of benzene rings is 3. The molecule has 160 valence electrons. The normalized spacial score (nSPS) is 12.8. The molecule has 3 rings (SSSR count). The van der Waals surface area contributed by atoms with Gasteiger partial charge in [0.05, 0.1) is 0 Å². The van der Waals surface area contributed by atoms with Gasteiger partial charge >= 0.3 is 5.97 Å². The molecule has 3 aromatic carbocycles. The molecule has 0 radical (unpaired) electrons. The molecule has 4 nitrogen and oxygen atoms in total. The average Bonchev–Trinajstić information content (AvgIpc) is 2.82. The van der Waals surface area contributed by atoms with Gasteiger partial charge in [-0.15, -0.1) is 0 Å². The topological polar surface area (TPSA) is 46.6 Å². The minimum atomic E-state index is -0.524. The van der Waals surface area contributed by atoms with Crippen LogP contribution >= 0.6 is 0 Å². The Hall–Kier alpha value is -3.24. The van der Waals surface area contributed by atoms with Crippen LogP contribution in [-0.4, -0.2) is 23.2 Å². The predicted octanol–water partition coefficient (Wildman–Crippen LogP) is 5.03. The smallest absolute Gasteiger partial charge is 0.323 e. The van der Waals surface area contributed by atoms with E-state index in [2.05, 4.69) is 4.90 Å². The van der Waals surface area contributed by atoms with E-state index in [1.807, 2.05) is 97.9 Å². The Morgan fingerprint density at radius 1 is 0.806 bits per heavy atom. The number of ether oxygens (including phenoxy) is 1. The number of hydrogen-bond donors (Lipinski definition) is 0. The molecule has 0 saturated heterocycles. The van der Waals surface area contributed by atoms with Crippen molar-refractivity contribution in [3.63, 3.8) is 0 Å². The predicted molar refractivity (Wildman–Crippen MR) is 122 cm³/mol. The van der Waals surface area contributed by atoms with Gasteiger partial charge in [0, 0.05) is 19.0 Å². The lowest BCUT2D eigenvalue weighted by molar-refractivity contribution is -0.152. The molecule has 0 unspecified atom stereocenters. The van der Waals surface area contributed by atoms with Gasteiger partial charge in [-0.05, 0) is 23.1 Å². The molecule has 0 aromatic heterocycles. The fourth-order valence-electron chi connectivity index (χ4n) is 3.54. The lowest BCUT2D eigenvalue weighted by Gasteiger charge is -2.31. The van der Waals surface area contributed by atoms with Gasteiger partial charge in [0.15, 0.2) is 0 Å². The standard InChI is InChI=1S/C27H29NO3/c1-22(20-29)17-26(27(30)31-21-25-15-9-4-10-16-25)28(18-23-11-5-2-6-12-23)19-24-13-7-3-8-14-24/h2-16,20,22,26H,17-19,21H2,1H3/t22-,26-/m0/s1. The Labute approximate surface area is 184 Å². The number of carbonyl (C=O) groups excluding carboxylic acids is 2. The SMILES string of the molecule is C[C@H](C=O)C[C@@H](C(=O)OCc1ccccc1)N(Cc1ccccc1)Cc1ccccc1. The van der Waals surface area contributed by atoms with Crippen molar-refractivity contribution < 1.29 is 14.3 Å². The third-order valence-electron chi connectivity index (χ3n) is 5.22. The van der Waals surface area contributed by atoms with Crippen molar-refractivity contribution in [3.05, 3.63) is 108 Å². The maximum atomic E-state index is 13.2. The molecule has 3 aromatic rings. The second-order valence-corrected chi connectivity index (χ2v) is 7.83. The van der Waals surface area contributed by atoms with Crippen LogP contribution in [0.15, 0.2) is 91.0 Å². The van der Waals surface area contributed by atoms with Crippen LogP contribution in [0, 0.1) is 5.92 Å². The van der Waals surface area contributed by atoms with Gasteiger partial charge in [-0.1, -0.05) is 97.9 Å². The second kappa shape index (κ2) is 11.8. The van der Waals surface area contributed by atoms with E-state index in [4.69, 9.17) is 4.74 Å². The maximum Gasteiger partial charge on any atom is 0.323 e. The fraction of sp³-hybridized carbons (Fsp3) is 0.259. The molecule has 0 aliphatic heterocycles. The van der Waals surface area contributed by atoms with Gasteiger partial charge in [-0.25, -0.2) is 0 Å². The van der Waals surface area contributed by atoms with Crippen molar-refractivity contribution in [2.24, 2.45) is 5.92 Å². The van der Waals surface area contributed by atoms with Gasteiger partial charge < -0.3 is 9.53 Å². The second-order valence-electron chi connectivity index (χ2n) is 7.83. The number of aldehydes is 1. The van der Waals surface area contributed by atoms with Gasteiger partial charge in [0.2, 0.25) is 0 Å². The summed E-state index contributed by atoms with van der Waals surface area (Å²) >= 11 is 0. The third-order valence-corrected chi connectivity index (χ3v) is 5.22. The monoisotopic (exact) mass is 415 g/mol. The summed E-state index contributed by atoms with van der Waals surface area (Å²) in [4.78, 5) is 26.7. The highest BCUT2D eigenvalue weighted by Crippen LogP contribution is 2.20. The molecule has 0 aliphatic carbocycles. The Morgan fingerprint density at radius 3 is 1.71 bits per heavy atom. The molecule has 31 heavy (non-hydrogen) atoms. The van der Waals surface area contributed by atoms with E-state index >= 15 is 0 Å². The summed E-state index contributed by atoms with van der Waals surface area (Å²) in [6.45, 7) is 3.24. The van der Waals surface area contributed by atoms with Crippen LogP contribution in [0.4, 0.5) is 0 Å². The van der Waals surface area contributed by atoms with Gasteiger partial charge in [0.1, 0.15) is 18.9 Å². The maximum absolute atomic E-state index is 13.2. The van der Waals surface area contributed by atoms with E-state index in [1.54, 1.807) is 0 Å². The van der Waals surface area contributed by atoms with E-state index in [9.17, 15) is 9.59 Å². The van der Waals surface area contributed by atoms with E-state index < -0.39 is 6.04 Å². The molecule has 4 heteroatoms. The summed E-state index contributed by atoms with van der Waals surface area (Å²) in [5.74, 6) is -0.548. The van der Waals surface area contributed by atoms with Crippen LogP contribution in [-0.2, 0) is 34.0 Å². The summed E-state index contributed by atoms with van der Waals surface area (Å²) < 4.78 is 5.70. The molecular formula is C27H29NO3. The minimum absolute atomic E-state index is 0.218. The third kappa shape index (κ3) is 7.19. The van der Waals surface area contributed by atoms with Crippen molar-refractivity contribution >= 4 is 12.3 Å².